The van der Waals surface area contributed by atoms with E-state index in [-0.39, 0.29) is 41.6 Å². The lowest BCUT2D eigenvalue weighted by atomic mass is 9.97. The summed E-state index contributed by atoms with van der Waals surface area (Å²) in [5.41, 5.74) is 0.882. The van der Waals surface area contributed by atoms with Crippen molar-refractivity contribution >= 4 is 45.2 Å². The van der Waals surface area contributed by atoms with Gasteiger partial charge in [0, 0.05) is 24.0 Å². The molecule has 1 heterocycles. The van der Waals surface area contributed by atoms with E-state index in [2.05, 4.69) is 5.32 Å². The molecule has 1 N–H and O–H groups in total. The van der Waals surface area contributed by atoms with Gasteiger partial charge in [0.15, 0.2) is 0 Å². The molecule has 1 saturated heterocycles. The molecular weight excluding hydrogens is 484 g/mol. The number of esters is 2. The number of halogens is 1. The number of carbonyl (C=O) groups is 3. The van der Waals surface area contributed by atoms with Gasteiger partial charge in [0.2, 0.25) is 15.9 Å². The number of methoxy groups -OCH3 is 2. The number of carbonyl (C=O) groups excluding carboxylic acids is 3. The molecule has 0 bridgehead atoms. The Morgan fingerprint density at radius 3 is 2.29 bits per heavy atom. The average molecular weight is 509 g/mol. The maximum Gasteiger partial charge on any atom is 0.339 e. The number of anilines is 1. The normalized spacial score (nSPS) is 14.9. The molecule has 0 spiro atoms. The smallest absolute Gasteiger partial charge is 0.339 e. The minimum Gasteiger partial charge on any atom is -0.465 e. The summed E-state index contributed by atoms with van der Waals surface area (Å²) < 4.78 is 36.5. The Hall–Kier alpha value is -2.95. The van der Waals surface area contributed by atoms with Crippen molar-refractivity contribution in [3.8, 4) is 0 Å². The van der Waals surface area contributed by atoms with Gasteiger partial charge in [-0.3, -0.25) is 4.79 Å². The molecule has 0 unspecified atom stereocenters. The largest absolute Gasteiger partial charge is 0.465 e. The molecule has 2 aromatic carbocycles. The lowest BCUT2D eigenvalue weighted by molar-refractivity contribution is -0.120. The molecule has 1 aliphatic heterocycles. The third kappa shape index (κ3) is 5.94. The molecule has 2 aromatic rings. The Kier molecular flexibility index (Phi) is 8.29. The fourth-order valence-corrected chi connectivity index (χ4v) is 5.59. The molecule has 0 radical (unpaired) electrons. The van der Waals surface area contributed by atoms with E-state index in [0.717, 1.165) is 0 Å². The SMILES string of the molecule is COC(=O)c1ccc(C(=O)OC)c(NC(=O)C2CCN(S(=O)(=O)Cc3ccccc3Cl)CC2)c1. The van der Waals surface area contributed by atoms with E-state index in [1.165, 1.54) is 36.7 Å². The molecule has 0 saturated carbocycles. The van der Waals surface area contributed by atoms with Crippen LogP contribution in [-0.2, 0) is 30.0 Å². The van der Waals surface area contributed by atoms with Crippen LogP contribution in [0.25, 0.3) is 0 Å². The number of sulfonamides is 1. The monoisotopic (exact) mass is 508 g/mol. The number of hydrogen-bond donors (Lipinski definition) is 1. The summed E-state index contributed by atoms with van der Waals surface area (Å²) in [7, 11) is -1.17. The van der Waals surface area contributed by atoms with Crippen molar-refractivity contribution in [2.75, 3.05) is 32.6 Å². The second-order valence-electron chi connectivity index (χ2n) is 7.75. The van der Waals surface area contributed by atoms with Gasteiger partial charge in [0.1, 0.15) is 0 Å². The number of ether oxygens (including phenoxy) is 2. The van der Waals surface area contributed by atoms with Crippen molar-refractivity contribution in [2.45, 2.75) is 18.6 Å². The van der Waals surface area contributed by atoms with Crippen LogP contribution in [-0.4, -0.2) is 57.9 Å². The molecule has 0 aromatic heterocycles. The van der Waals surface area contributed by atoms with Crippen LogP contribution < -0.4 is 5.32 Å². The van der Waals surface area contributed by atoms with Crippen LogP contribution in [0.3, 0.4) is 0 Å². The van der Waals surface area contributed by atoms with Crippen molar-refractivity contribution in [1.82, 2.24) is 4.31 Å². The van der Waals surface area contributed by atoms with Crippen LogP contribution in [0.5, 0.6) is 0 Å². The molecule has 1 aliphatic rings. The van der Waals surface area contributed by atoms with Crippen LogP contribution >= 0.6 is 11.6 Å². The zero-order valence-corrected chi connectivity index (χ0v) is 20.3. The Bertz CT molecular complexity index is 1190. The predicted octanol–water partition coefficient (Wildman–Crippen LogP) is 3.09. The zero-order valence-electron chi connectivity index (χ0n) is 18.7. The summed E-state index contributed by atoms with van der Waals surface area (Å²) in [4.78, 5) is 36.9. The minimum atomic E-state index is -3.60. The highest BCUT2D eigenvalue weighted by atomic mass is 35.5. The summed E-state index contributed by atoms with van der Waals surface area (Å²) in [5, 5.41) is 3.07. The first kappa shape index (κ1) is 25.7. The maximum atomic E-state index is 12.9. The fraction of sp³-hybridized carbons (Fsp3) is 0.348. The molecule has 0 aliphatic carbocycles. The molecule has 11 heteroatoms. The average Bonchev–Trinajstić information content (AvgIpc) is 2.84. The van der Waals surface area contributed by atoms with Crippen LogP contribution in [0.15, 0.2) is 42.5 Å². The van der Waals surface area contributed by atoms with Crippen LogP contribution in [0, 0.1) is 5.92 Å². The quantitative estimate of drug-likeness (QED) is 0.571. The number of nitrogens with one attached hydrogen (secondary N) is 1. The molecular formula is C23H25ClN2O7S. The van der Waals surface area contributed by atoms with Crippen molar-refractivity contribution in [1.29, 1.82) is 0 Å². The molecule has 1 amide bonds. The van der Waals surface area contributed by atoms with Gasteiger partial charge in [-0.25, -0.2) is 22.3 Å². The zero-order chi connectivity index (χ0) is 24.9. The van der Waals surface area contributed by atoms with Crippen LogP contribution in [0.4, 0.5) is 5.69 Å². The van der Waals surface area contributed by atoms with Gasteiger partial charge < -0.3 is 14.8 Å². The number of rotatable bonds is 7. The lowest BCUT2D eigenvalue weighted by Gasteiger charge is -2.30. The molecule has 3 rings (SSSR count). The summed E-state index contributed by atoms with van der Waals surface area (Å²) in [6.07, 6.45) is 0.607. The lowest BCUT2D eigenvalue weighted by Crippen LogP contribution is -2.42. The van der Waals surface area contributed by atoms with Crippen molar-refractivity contribution in [3.05, 3.63) is 64.2 Å². The highest BCUT2D eigenvalue weighted by Gasteiger charge is 2.32. The van der Waals surface area contributed by atoms with E-state index >= 15 is 0 Å². The van der Waals surface area contributed by atoms with Crippen LogP contribution in [0.1, 0.15) is 39.1 Å². The Morgan fingerprint density at radius 1 is 1.03 bits per heavy atom. The summed E-state index contributed by atoms with van der Waals surface area (Å²) in [6, 6.07) is 10.9. The van der Waals surface area contributed by atoms with Gasteiger partial charge >= 0.3 is 11.9 Å². The predicted molar refractivity (Wildman–Crippen MR) is 126 cm³/mol. The first-order chi connectivity index (χ1) is 16.2. The Morgan fingerprint density at radius 2 is 1.68 bits per heavy atom. The van der Waals surface area contributed by atoms with Gasteiger partial charge in [0.05, 0.1) is 36.8 Å². The van der Waals surface area contributed by atoms with E-state index in [0.29, 0.717) is 23.4 Å². The third-order valence-electron chi connectivity index (χ3n) is 5.62. The van der Waals surface area contributed by atoms with Gasteiger partial charge in [-0.15, -0.1) is 0 Å². The third-order valence-corrected chi connectivity index (χ3v) is 7.81. The number of amides is 1. The van der Waals surface area contributed by atoms with E-state index in [1.54, 1.807) is 24.3 Å². The van der Waals surface area contributed by atoms with Gasteiger partial charge in [0.25, 0.3) is 0 Å². The van der Waals surface area contributed by atoms with Gasteiger partial charge in [-0.2, -0.15) is 0 Å². The number of nitrogens with zero attached hydrogens (tertiary/aromatic N) is 1. The second-order valence-corrected chi connectivity index (χ2v) is 10.1. The van der Waals surface area contributed by atoms with Crippen LogP contribution in [0.2, 0.25) is 5.02 Å². The van der Waals surface area contributed by atoms with Crippen molar-refractivity contribution in [2.24, 2.45) is 5.92 Å². The van der Waals surface area contributed by atoms with Crippen molar-refractivity contribution in [3.63, 3.8) is 0 Å². The molecule has 1 fully saturated rings. The van der Waals surface area contributed by atoms with Gasteiger partial charge in [-0.1, -0.05) is 29.8 Å². The standard InChI is InChI=1S/C23H25ClN2O7S/c1-32-22(28)16-7-8-18(23(29)33-2)20(13-16)25-21(27)15-9-11-26(12-10-15)34(30,31)14-17-5-3-4-6-19(17)24/h3-8,13,15H,9-12,14H2,1-2H3,(H,25,27). The fourth-order valence-electron chi connectivity index (χ4n) is 3.71. The summed E-state index contributed by atoms with van der Waals surface area (Å²) in [6.45, 7) is 0.355. The number of benzene rings is 2. The van der Waals surface area contributed by atoms with E-state index in [4.69, 9.17) is 21.1 Å². The maximum absolute atomic E-state index is 12.9. The molecule has 0 atom stereocenters. The van der Waals surface area contributed by atoms with Crippen molar-refractivity contribution < 1.29 is 32.3 Å². The summed E-state index contributed by atoms with van der Waals surface area (Å²) in [5.74, 6) is -2.36. The first-order valence-corrected chi connectivity index (χ1v) is 12.5. The number of hydrogen-bond acceptors (Lipinski definition) is 7. The highest BCUT2D eigenvalue weighted by Crippen LogP contribution is 2.26. The minimum absolute atomic E-state index is 0.0863. The topological polar surface area (TPSA) is 119 Å². The van der Waals surface area contributed by atoms with E-state index in [9.17, 15) is 22.8 Å². The molecule has 182 valence electrons. The Balaban J connectivity index is 1.68. The van der Waals surface area contributed by atoms with Gasteiger partial charge in [-0.05, 0) is 42.7 Å². The second kappa shape index (κ2) is 11.0. The molecule has 34 heavy (non-hydrogen) atoms. The number of piperidine rings is 1. The highest BCUT2D eigenvalue weighted by molar-refractivity contribution is 7.88. The van der Waals surface area contributed by atoms with E-state index in [1.807, 2.05) is 0 Å². The summed E-state index contributed by atoms with van der Waals surface area (Å²) >= 11 is 6.10. The first-order valence-electron chi connectivity index (χ1n) is 10.5. The molecule has 9 nitrogen and oxygen atoms in total. The Labute approximate surface area is 203 Å². The van der Waals surface area contributed by atoms with E-state index < -0.39 is 27.9 Å².